The lowest BCUT2D eigenvalue weighted by atomic mass is 9.60. The highest BCUT2D eigenvalue weighted by atomic mass is 16.5. The summed E-state index contributed by atoms with van der Waals surface area (Å²) < 4.78 is 11.1. The minimum Gasteiger partial charge on any atom is -0.508 e. The maximum absolute atomic E-state index is 13.6. The van der Waals surface area contributed by atoms with Crippen LogP contribution in [-0.4, -0.2) is 37.6 Å². The van der Waals surface area contributed by atoms with Gasteiger partial charge in [-0.25, -0.2) is 0 Å². The van der Waals surface area contributed by atoms with Gasteiger partial charge in [0.25, 0.3) is 5.88 Å². The van der Waals surface area contributed by atoms with E-state index in [0.717, 1.165) is 5.56 Å². The zero-order valence-electron chi connectivity index (χ0n) is 18.0. The molecule has 0 aliphatic heterocycles. The number of ether oxygens (including phenoxy) is 1. The van der Waals surface area contributed by atoms with Gasteiger partial charge in [-0.1, -0.05) is 42.5 Å². The van der Waals surface area contributed by atoms with Crippen LogP contribution in [-0.2, 0) is 19.4 Å². The second kappa shape index (κ2) is 7.30. The van der Waals surface area contributed by atoms with Crippen LogP contribution in [0.15, 0.2) is 64.4 Å². The van der Waals surface area contributed by atoms with Gasteiger partial charge in [0.15, 0.2) is 17.1 Å². The highest BCUT2D eigenvalue weighted by molar-refractivity contribution is 6.15. The van der Waals surface area contributed by atoms with E-state index in [2.05, 4.69) is 5.16 Å². The predicted molar refractivity (Wildman–Crippen MR) is 118 cm³/mol. The fourth-order valence-corrected chi connectivity index (χ4v) is 5.55. The molecule has 0 saturated carbocycles. The van der Waals surface area contributed by atoms with E-state index >= 15 is 0 Å². The van der Waals surface area contributed by atoms with Gasteiger partial charge < -0.3 is 24.6 Å². The minimum absolute atomic E-state index is 0.0206. The molecule has 0 bridgehead atoms. The van der Waals surface area contributed by atoms with Crippen molar-refractivity contribution in [3.05, 3.63) is 87.9 Å². The summed E-state index contributed by atoms with van der Waals surface area (Å²) in [6.45, 7) is 0.138. The molecule has 2 aromatic carbocycles. The predicted octanol–water partition coefficient (Wildman–Crippen LogP) is 3.32. The van der Waals surface area contributed by atoms with Gasteiger partial charge in [-0.15, -0.1) is 0 Å². The Labute approximate surface area is 194 Å². The van der Waals surface area contributed by atoms with Gasteiger partial charge in [-0.2, -0.15) is 0 Å². The molecule has 34 heavy (non-hydrogen) atoms. The van der Waals surface area contributed by atoms with Crippen molar-refractivity contribution in [3.63, 3.8) is 0 Å². The van der Waals surface area contributed by atoms with Gasteiger partial charge in [0.1, 0.15) is 23.7 Å². The van der Waals surface area contributed by atoms with Gasteiger partial charge in [0.2, 0.25) is 5.78 Å². The monoisotopic (exact) mass is 459 g/mol. The molecule has 3 aromatic rings. The molecule has 0 radical (unpaired) electrons. The number of aliphatic hydroxyl groups is 2. The molecule has 0 fully saturated rings. The Bertz CT molecular complexity index is 1370. The number of hydrogen-bond donors (Lipinski definition) is 3. The number of allylic oxidation sites excluding steroid dienone is 1. The first-order chi connectivity index (χ1) is 16.4. The molecule has 172 valence electrons. The normalized spacial score (nSPS) is 25.3. The summed E-state index contributed by atoms with van der Waals surface area (Å²) in [4.78, 5) is 26.9. The SMILES string of the molecule is O=C1C2=C(O)[C@]3(O)C(=O)c4c(OCc5ccccc5)noc4C[C@@H]3CC2Cc2cccc(O)c21. The number of phenols is 1. The number of aromatic hydroxyl groups is 1. The largest absolute Gasteiger partial charge is 0.508 e. The summed E-state index contributed by atoms with van der Waals surface area (Å²) in [5.74, 6) is -3.07. The molecule has 1 heterocycles. The molecule has 3 aliphatic carbocycles. The van der Waals surface area contributed by atoms with E-state index < -0.39 is 34.8 Å². The summed E-state index contributed by atoms with van der Waals surface area (Å²) >= 11 is 0. The zero-order valence-corrected chi connectivity index (χ0v) is 18.0. The number of carbonyl (C=O) groups excluding carboxylic acids is 2. The molecule has 3 N–H and O–H groups in total. The van der Waals surface area contributed by atoms with Crippen LogP contribution < -0.4 is 4.74 Å². The van der Waals surface area contributed by atoms with Crippen LogP contribution in [0.5, 0.6) is 11.6 Å². The van der Waals surface area contributed by atoms with E-state index in [1.54, 1.807) is 12.1 Å². The maximum Gasteiger partial charge on any atom is 0.265 e. The van der Waals surface area contributed by atoms with Crippen molar-refractivity contribution in [1.29, 1.82) is 0 Å². The van der Waals surface area contributed by atoms with E-state index in [1.165, 1.54) is 6.07 Å². The summed E-state index contributed by atoms with van der Waals surface area (Å²) in [6.07, 6.45) is 0.862. The second-order valence-corrected chi connectivity index (χ2v) is 9.10. The minimum atomic E-state index is -2.30. The Morgan fingerprint density at radius 1 is 1.03 bits per heavy atom. The van der Waals surface area contributed by atoms with E-state index in [9.17, 15) is 24.9 Å². The zero-order chi connectivity index (χ0) is 23.6. The van der Waals surface area contributed by atoms with Crippen molar-refractivity contribution in [1.82, 2.24) is 5.16 Å². The number of aliphatic hydroxyl groups excluding tert-OH is 1. The molecule has 0 amide bonds. The lowest BCUT2D eigenvalue weighted by Crippen LogP contribution is -2.56. The van der Waals surface area contributed by atoms with Crippen molar-refractivity contribution in [2.45, 2.75) is 31.5 Å². The maximum atomic E-state index is 13.6. The molecule has 8 nitrogen and oxygen atoms in total. The van der Waals surface area contributed by atoms with E-state index in [-0.39, 0.29) is 41.4 Å². The van der Waals surface area contributed by atoms with Crippen LogP contribution in [0.2, 0.25) is 0 Å². The van der Waals surface area contributed by atoms with Crippen LogP contribution in [0.25, 0.3) is 0 Å². The van der Waals surface area contributed by atoms with Crippen LogP contribution in [0, 0.1) is 11.8 Å². The van der Waals surface area contributed by atoms with Crippen molar-refractivity contribution in [3.8, 4) is 11.6 Å². The standard InChI is InChI=1S/C26H21NO7/c28-17-8-4-7-14-9-15-10-16-11-18-21(25(27-34-18)33-12-13-5-2-1-3-6-13)24(31)26(16,32)23(30)20(15)22(29)19(14)17/h1-8,15-16,28,30,32H,9-12H2/t15?,16-,26-/m0/s1. The van der Waals surface area contributed by atoms with Crippen LogP contribution in [0.3, 0.4) is 0 Å². The van der Waals surface area contributed by atoms with Gasteiger partial charge in [-0.05, 0) is 41.1 Å². The Morgan fingerprint density at radius 2 is 1.82 bits per heavy atom. The van der Waals surface area contributed by atoms with Gasteiger partial charge in [0, 0.05) is 17.9 Å². The quantitative estimate of drug-likeness (QED) is 0.544. The van der Waals surface area contributed by atoms with Gasteiger partial charge in [0.05, 0.1) is 5.56 Å². The Hall–Kier alpha value is -3.91. The van der Waals surface area contributed by atoms with Gasteiger partial charge >= 0.3 is 0 Å². The molecular formula is C26H21NO7. The number of fused-ring (bicyclic) bond motifs is 4. The third-order valence-corrected chi connectivity index (χ3v) is 7.21. The molecule has 0 spiro atoms. The van der Waals surface area contributed by atoms with E-state index in [4.69, 9.17) is 9.26 Å². The third-order valence-electron chi connectivity index (χ3n) is 7.21. The molecule has 3 aliphatic rings. The summed E-state index contributed by atoms with van der Waals surface area (Å²) in [5, 5.41) is 36.9. The highest BCUT2D eigenvalue weighted by Crippen LogP contribution is 2.51. The summed E-state index contributed by atoms with van der Waals surface area (Å²) in [6, 6.07) is 14.1. The first-order valence-electron chi connectivity index (χ1n) is 11.1. The van der Waals surface area contributed by atoms with E-state index in [1.807, 2.05) is 30.3 Å². The lowest BCUT2D eigenvalue weighted by Gasteiger charge is -2.45. The molecule has 0 saturated heterocycles. The van der Waals surface area contributed by atoms with Crippen LogP contribution in [0.4, 0.5) is 0 Å². The Kier molecular flexibility index (Phi) is 4.44. The average molecular weight is 459 g/mol. The molecule has 1 aromatic heterocycles. The van der Waals surface area contributed by atoms with Crippen LogP contribution in [0.1, 0.15) is 44.0 Å². The lowest BCUT2D eigenvalue weighted by molar-refractivity contribution is -0.0257. The molecule has 6 rings (SSSR count). The van der Waals surface area contributed by atoms with E-state index in [0.29, 0.717) is 24.2 Å². The number of aromatic nitrogens is 1. The summed E-state index contributed by atoms with van der Waals surface area (Å²) in [5.41, 5.74) is -0.707. The van der Waals surface area contributed by atoms with Crippen molar-refractivity contribution < 1.29 is 34.2 Å². The number of nitrogens with zero attached hydrogens (tertiary/aromatic N) is 1. The molecule has 8 heteroatoms. The number of rotatable bonds is 3. The van der Waals surface area contributed by atoms with Crippen molar-refractivity contribution >= 4 is 11.6 Å². The molecular weight excluding hydrogens is 438 g/mol. The van der Waals surface area contributed by atoms with Crippen molar-refractivity contribution in [2.24, 2.45) is 11.8 Å². The smallest absolute Gasteiger partial charge is 0.265 e. The number of carbonyl (C=O) groups is 2. The Morgan fingerprint density at radius 3 is 2.62 bits per heavy atom. The fraction of sp³-hybridized carbons (Fsp3) is 0.269. The topological polar surface area (TPSA) is 130 Å². The number of benzene rings is 2. The summed E-state index contributed by atoms with van der Waals surface area (Å²) in [7, 11) is 0. The van der Waals surface area contributed by atoms with Crippen LogP contribution >= 0.6 is 0 Å². The van der Waals surface area contributed by atoms with Crippen molar-refractivity contribution in [2.75, 3.05) is 0 Å². The number of hydrogen-bond acceptors (Lipinski definition) is 8. The highest BCUT2D eigenvalue weighted by Gasteiger charge is 2.60. The fourth-order valence-electron chi connectivity index (χ4n) is 5.55. The number of Topliss-reactive ketones (excluding diaryl/α,β-unsaturated/α-hetero) is 2. The number of ketones is 2. The average Bonchev–Trinajstić information content (AvgIpc) is 3.23. The number of phenolic OH excluding ortho intramolecular Hbond substituents is 1. The molecule has 1 unspecified atom stereocenters. The first kappa shape index (κ1) is 20.7. The van der Waals surface area contributed by atoms with Gasteiger partial charge in [-0.3, -0.25) is 9.59 Å². The third kappa shape index (κ3) is 2.78. The second-order valence-electron chi connectivity index (χ2n) is 9.10. The first-order valence-corrected chi connectivity index (χ1v) is 11.1. The Balaban J connectivity index is 1.39. The molecule has 3 atom stereocenters.